The van der Waals surface area contributed by atoms with Gasteiger partial charge in [0.05, 0.1) is 11.7 Å². The van der Waals surface area contributed by atoms with E-state index in [1.54, 1.807) is 12.5 Å². The number of nitrogens with zero attached hydrogens (tertiary/aromatic N) is 3. The van der Waals surface area contributed by atoms with E-state index in [1.165, 1.54) is 0 Å². The van der Waals surface area contributed by atoms with E-state index in [4.69, 9.17) is 10.6 Å². The third-order valence-corrected chi connectivity index (χ3v) is 4.29. The van der Waals surface area contributed by atoms with Crippen LogP contribution in [-0.4, -0.2) is 16.2 Å². The van der Waals surface area contributed by atoms with Gasteiger partial charge in [0, 0.05) is 11.1 Å². The first-order chi connectivity index (χ1) is 13.7. The monoisotopic (exact) mass is 369 g/mol. The molecule has 0 saturated carbocycles. The Kier molecular flexibility index (Phi) is 4.84. The topological polar surface area (TPSA) is 85.4 Å². The molecule has 0 atom stereocenters. The molecule has 1 heterocycles. The van der Waals surface area contributed by atoms with Crippen molar-refractivity contribution >= 4 is 28.6 Å². The molecule has 4 aromatic rings. The summed E-state index contributed by atoms with van der Waals surface area (Å²) in [5, 5.41) is 7.84. The quantitative estimate of drug-likeness (QED) is 0.301. The number of hydrogen-bond acceptors (Lipinski definition) is 6. The maximum absolute atomic E-state index is 5.95. The molecule has 0 aliphatic rings. The number of fused-ring (bicyclic) bond motifs is 1. The second-order valence-corrected chi connectivity index (χ2v) is 6.30. The van der Waals surface area contributed by atoms with Gasteiger partial charge in [-0.1, -0.05) is 24.3 Å². The van der Waals surface area contributed by atoms with Crippen LogP contribution in [0.2, 0.25) is 0 Å². The minimum Gasteiger partial charge on any atom is -0.457 e. The maximum atomic E-state index is 5.95. The lowest BCUT2D eigenvalue weighted by atomic mass is 10.1. The largest absolute Gasteiger partial charge is 0.457 e. The summed E-state index contributed by atoms with van der Waals surface area (Å²) in [5.41, 5.74) is 3.65. The zero-order valence-corrected chi connectivity index (χ0v) is 15.3. The molecule has 138 valence electrons. The summed E-state index contributed by atoms with van der Waals surface area (Å²) in [5.74, 6) is 7.60. The third-order valence-electron chi connectivity index (χ3n) is 4.29. The normalized spacial score (nSPS) is 11.0. The molecule has 1 aromatic heterocycles. The summed E-state index contributed by atoms with van der Waals surface area (Å²) < 4.78 is 5.95. The van der Waals surface area contributed by atoms with E-state index in [0.717, 1.165) is 39.2 Å². The van der Waals surface area contributed by atoms with Crippen LogP contribution in [0.15, 0.2) is 78.2 Å². The zero-order chi connectivity index (χ0) is 19.3. The number of aromatic nitrogens is 2. The summed E-state index contributed by atoms with van der Waals surface area (Å²) in [4.78, 5) is 8.71. The van der Waals surface area contributed by atoms with Crippen LogP contribution in [0.5, 0.6) is 11.5 Å². The Balaban J connectivity index is 1.62. The van der Waals surface area contributed by atoms with Gasteiger partial charge >= 0.3 is 0 Å². The lowest BCUT2D eigenvalue weighted by Crippen LogP contribution is -1.98. The van der Waals surface area contributed by atoms with Crippen LogP contribution in [0.3, 0.4) is 0 Å². The van der Waals surface area contributed by atoms with E-state index in [-0.39, 0.29) is 0 Å². The molecular formula is C22H19N5O. The number of aryl methyl sites for hydroxylation is 1. The van der Waals surface area contributed by atoms with E-state index in [1.807, 2.05) is 73.7 Å². The molecule has 3 aromatic carbocycles. The molecule has 6 nitrogen and oxygen atoms in total. The highest BCUT2D eigenvalue weighted by molar-refractivity contribution is 5.95. The third kappa shape index (κ3) is 3.76. The van der Waals surface area contributed by atoms with E-state index in [2.05, 4.69) is 20.4 Å². The lowest BCUT2D eigenvalue weighted by molar-refractivity contribution is 0.479. The van der Waals surface area contributed by atoms with Crippen LogP contribution in [0.4, 0.5) is 11.5 Å². The van der Waals surface area contributed by atoms with E-state index in [0.29, 0.717) is 5.82 Å². The van der Waals surface area contributed by atoms with E-state index < -0.39 is 0 Å². The van der Waals surface area contributed by atoms with Crippen LogP contribution in [0.1, 0.15) is 11.1 Å². The molecule has 0 unspecified atom stereocenters. The van der Waals surface area contributed by atoms with Crippen LogP contribution in [0.25, 0.3) is 10.9 Å². The molecule has 0 spiro atoms. The summed E-state index contributed by atoms with van der Waals surface area (Å²) in [6.45, 7) is 2.01. The highest BCUT2D eigenvalue weighted by Gasteiger charge is 2.07. The van der Waals surface area contributed by atoms with Crippen LogP contribution in [-0.2, 0) is 0 Å². The summed E-state index contributed by atoms with van der Waals surface area (Å²) >= 11 is 0. The molecule has 0 fully saturated rings. The first-order valence-corrected chi connectivity index (χ1v) is 8.81. The Morgan fingerprint density at radius 1 is 1.00 bits per heavy atom. The van der Waals surface area contributed by atoms with Gasteiger partial charge in [-0.25, -0.2) is 9.97 Å². The minimum atomic E-state index is 0.716. The predicted molar refractivity (Wildman–Crippen MR) is 112 cm³/mol. The lowest BCUT2D eigenvalue weighted by Gasteiger charge is -2.12. The number of rotatable bonds is 5. The zero-order valence-electron chi connectivity index (χ0n) is 15.3. The van der Waals surface area contributed by atoms with Crippen molar-refractivity contribution in [1.29, 1.82) is 0 Å². The van der Waals surface area contributed by atoms with Crippen molar-refractivity contribution in [3.05, 3.63) is 84.2 Å². The number of para-hydroxylation sites is 1. The molecule has 0 bridgehead atoms. The van der Waals surface area contributed by atoms with Gasteiger partial charge in [0.25, 0.3) is 0 Å². The molecule has 4 rings (SSSR count). The van der Waals surface area contributed by atoms with Crippen LogP contribution < -0.4 is 15.9 Å². The highest BCUT2D eigenvalue weighted by Crippen LogP contribution is 2.29. The van der Waals surface area contributed by atoms with Gasteiger partial charge in [-0.2, -0.15) is 5.10 Å². The predicted octanol–water partition coefficient (Wildman–Crippen LogP) is 4.77. The van der Waals surface area contributed by atoms with Crippen molar-refractivity contribution < 1.29 is 4.74 Å². The Bertz CT molecular complexity index is 1140. The second kappa shape index (κ2) is 7.75. The van der Waals surface area contributed by atoms with Crippen molar-refractivity contribution in [1.82, 2.24) is 9.97 Å². The Hall–Kier alpha value is -3.93. The molecule has 28 heavy (non-hydrogen) atoms. The van der Waals surface area contributed by atoms with E-state index >= 15 is 0 Å². The number of nitrogens with two attached hydrogens (primary N) is 1. The van der Waals surface area contributed by atoms with Gasteiger partial charge in [0.1, 0.15) is 23.6 Å². The second-order valence-electron chi connectivity index (χ2n) is 6.30. The molecule has 0 radical (unpaired) electrons. The summed E-state index contributed by atoms with van der Waals surface area (Å²) in [6.07, 6.45) is 3.14. The SMILES string of the molecule is Cc1cc(Nc2ncnc3ccc(C=NN)cc23)ccc1Oc1ccccc1. The Labute approximate surface area is 162 Å². The molecule has 6 heteroatoms. The number of benzene rings is 3. The van der Waals surface area contributed by atoms with E-state index in [9.17, 15) is 0 Å². The summed E-state index contributed by atoms with van der Waals surface area (Å²) in [7, 11) is 0. The van der Waals surface area contributed by atoms with Gasteiger partial charge in [-0.15, -0.1) is 0 Å². The molecular weight excluding hydrogens is 350 g/mol. The van der Waals surface area contributed by atoms with Crippen LogP contribution in [0, 0.1) is 6.92 Å². The fraction of sp³-hybridized carbons (Fsp3) is 0.0455. The first kappa shape index (κ1) is 17.5. The standard InChI is InChI=1S/C22H19N5O/c1-15-11-17(8-10-21(15)28-18-5-3-2-4-6-18)27-22-19-12-16(13-26-23)7-9-20(19)24-14-25-22/h2-14H,23H2,1H3,(H,24,25,27). The first-order valence-electron chi connectivity index (χ1n) is 8.81. The smallest absolute Gasteiger partial charge is 0.141 e. The fourth-order valence-corrected chi connectivity index (χ4v) is 2.93. The highest BCUT2D eigenvalue weighted by atomic mass is 16.5. The fourth-order valence-electron chi connectivity index (χ4n) is 2.93. The molecule has 0 saturated heterocycles. The Morgan fingerprint density at radius 3 is 2.64 bits per heavy atom. The number of anilines is 2. The number of hydrogen-bond donors (Lipinski definition) is 2. The van der Waals surface area contributed by atoms with Crippen molar-refractivity contribution in [3.8, 4) is 11.5 Å². The van der Waals surface area contributed by atoms with Crippen molar-refractivity contribution in [2.24, 2.45) is 10.9 Å². The molecule has 3 N–H and O–H groups in total. The average Bonchev–Trinajstić information content (AvgIpc) is 2.71. The molecule has 0 amide bonds. The number of nitrogens with one attached hydrogen (secondary N) is 1. The number of ether oxygens (including phenoxy) is 1. The van der Waals surface area contributed by atoms with Gasteiger partial charge in [-0.3, -0.25) is 0 Å². The van der Waals surface area contributed by atoms with Crippen molar-refractivity contribution in [2.45, 2.75) is 6.92 Å². The average molecular weight is 369 g/mol. The number of hydrazone groups is 1. The maximum Gasteiger partial charge on any atom is 0.141 e. The van der Waals surface area contributed by atoms with Gasteiger partial charge < -0.3 is 15.9 Å². The van der Waals surface area contributed by atoms with Crippen molar-refractivity contribution in [3.63, 3.8) is 0 Å². The summed E-state index contributed by atoms with van der Waals surface area (Å²) in [6, 6.07) is 21.4. The van der Waals surface area contributed by atoms with Gasteiger partial charge in [0.15, 0.2) is 0 Å². The van der Waals surface area contributed by atoms with Gasteiger partial charge in [-0.05, 0) is 60.5 Å². The van der Waals surface area contributed by atoms with Gasteiger partial charge in [0.2, 0.25) is 0 Å². The minimum absolute atomic E-state index is 0.716. The molecule has 0 aliphatic carbocycles. The molecule has 0 aliphatic heterocycles. The Morgan fingerprint density at radius 2 is 1.86 bits per heavy atom. The van der Waals surface area contributed by atoms with Crippen molar-refractivity contribution in [2.75, 3.05) is 5.32 Å². The van der Waals surface area contributed by atoms with Crippen LogP contribution >= 0.6 is 0 Å².